The summed E-state index contributed by atoms with van der Waals surface area (Å²) in [4.78, 5) is 31.7. The second-order valence-electron chi connectivity index (χ2n) is 8.36. The van der Waals surface area contributed by atoms with E-state index in [9.17, 15) is 18.0 Å². The molecule has 182 valence electrons. The maximum absolute atomic E-state index is 12.9. The average Bonchev–Trinajstić information content (AvgIpc) is 3.57. The van der Waals surface area contributed by atoms with Gasteiger partial charge >= 0.3 is 5.97 Å². The first-order valence-electron chi connectivity index (χ1n) is 11.2. The number of hydrogen-bond acceptors (Lipinski definition) is 7. The molecule has 1 fully saturated rings. The van der Waals surface area contributed by atoms with Crippen LogP contribution in [0.1, 0.15) is 42.6 Å². The summed E-state index contributed by atoms with van der Waals surface area (Å²) in [5.74, 6) is -0.125. The highest BCUT2D eigenvalue weighted by molar-refractivity contribution is 7.89. The van der Waals surface area contributed by atoms with Gasteiger partial charge in [0.05, 0.1) is 22.2 Å². The van der Waals surface area contributed by atoms with Crippen LogP contribution >= 0.6 is 0 Å². The van der Waals surface area contributed by atoms with Crippen molar-refractivity contribution >= 4 is 32.9 Å². The molecule has 1 aromatic carbocycles. The van der Waals surface area contributed by atoms with Crippen LogP contribution in [0.2, 0.25) is 0 Å². The minimum atomic E-state index is -3.60. The fourth-order valence-electron chi connectivity index (χ4n) is 4.14. The first kappa shape index (κ1) is 24.0. The van der Waals surface area contributed by atoms with Gasteiger partial charge in [-0.05, 0) is 49.6 Å². The van der Waals surface area contributed by atoms with Crippen LogP contribution in [-0.2, 0) is 32.7 Å². The predicted molar refractivity (Wildman–Crippen MR) is 123 cm³/mol. The number of esters is 1. The molecule has 10 nitrogen and oxygen atoms in total. The highest BCUT2D eigenvalue weighted by Crippen LogP contribution is 2.25. The number of rotatable bonds is 8. The van der Waals surface area contributed by atoms with Crippen LogP contribution in [0.3, 0.4) is 0 Å². The Morgan fingerprint density at radius 3 is 2.74 bits per heavy atom. The number of imidazole rings is 1. The summed E-state index contributed by atoms with van der Waals surface area (Å²) in [5, 5.41) is 0. The Morgan fingerprint density at radius 2 is 2.06 bits per heavy atom. The number of aromatic nitrogens is 2. The van der Waals surface area contributed by atoms with E-state index in [1.54, 1.807) is 24.3 Å². The SMILES string of the molecule is CCCn1c(COC(=O)[C@@H]2CCCN2C(=O)c2ccco2)nc2cc(S(=O)(=O)N(C)C)ccc21. The van der Waals surface area contributed by atoms with E-state index in [1.807, 2.05) is 11.5 Å². The summed E-state index contributed by atoms with van der Waals surface area (Å²) < 4.78 is 38.9. The quantitative estimate of drug-likeness (QED) is 0.448. The lowest BCUT2D eigenvalue weighted by Gasteiger charge is -2.22. The van der Waals surface area contributed by atoms with Crippen molar-refractivity contribution in [3.8, 4) is 0 Å². The number of nitrogens with zero attached hydrogens (tertiary/aromatic N) is 4. The van der Waals surface area contributed by atoms with Crippen molar-refractivity contribution in [1.29, 1.82) is 0 Å². The van der Waals surface area contributed by atoms with E-state index < -0.39 is 22.0 Å². The Hall–Kier alpha value is -3.18. The number of hydrogen-bond donors (Lipinski definition) is 0. The second kappa shape index (κ2) is 9.59. The molecule has 11 heteroatoms. The van der Waals surface area contributed by atoms with Gasteiger partial charge in [0.15, 0.2) is 5.76 Å². The second-order valence-corrected chi connectivity index (χ2v) is 10.5. The Morgan fingerprint density at radius 1 is 1.26 bits per heavy atom. The molecule has 3 heterocycles. The molecule has 1 atom stereocenters. The van der Waals surface area contributed by atoms with Gasteiger partial charge in [0.2, 0.25) is 10.0 Å². The van der Waals surface area contributed by atoms with Crippen LogP contribution in [0.5, 0.6) is 0 Å². The van der Waals surface area contributed by atoms with Crippen molar-refractivity contribution in [3.05, 3.63) is 48.2 Å². The molecule has 0 unspecified atom stereocenters. The monoisotopic (exact) mass is 488 g/mol. The topological polar surface area (TPSA) is 115 Å². The fraction of sp³-hybridized carbons (Fsp3) is 0.435. The van der Waals surface area contributed by atoms with Gasteiger partial charge in [-0.1, -0.05) is 6.92 Å². The van der Waals surface area contributed by atoms with Gasteiger partial charge in [-0.2, -0.15) is 0 Å². The van der Waals surface area contributed by atoms with Crippen LogP contribution in [0.25, 0.3) is 11.0 Å². The Labute approximate surface area is 198 Å². The molecule has 1 aliphatic rings. The number of fused-ring (bicyclic) bond motifs is 1. The lowest BCUT2D eigenvalue weighted by Crippen LogP contribution is -2.41. The third-order valence-corrected chi connectivity index (χ3v) is 7.70. The van der Waals surface area contributed by atoms with E-state index in [0.29, 0.717) is 37.3 Å². The number of amides is 1. The van der Waals surface area contributed by atoms with Gasteiger partial charge in [0.1, 0.15) is 18.5 Å². The molecule has 34 heavy (non-hydrogen) atoms. The molecule has 4 rings (SSSR count). The number of carbonyl (C=O) groups excluding carboxylic acids is 2. The number of ether oxygens (including phenoxy) is 1. The molecule has 3 aromatic rings. The van der Waals surface area contributed by atoms with Gasteiger partial charge in [0, 0.05) is 27.2 Å². The zero-order chi connectivity index (χ0) is 24.5. The van der Waals surface area contributed by atoms with Gasteiger partial charge < -0.3 is 18.6 Å². The van der Waals surface area contributed by atoms with Crippen LogP contribution < -0.4 is 0 Å². The first-order chi connectivity index (χ1) is 16.2. The number of sulfonamides is 1. The van der Waals surface area contributed by atoms with E-state index in [2.05, 4.69) is 4.98 Å². The zero-order valence-electron chi connectivity index (χ0n) is 19.4. The lowest BCUT2D eigenvalue weighted by molar-refractivity contribution is -0.149. The Bertz CT molecular complexity index is 1300. The molecule has 2 aromatic heterocycles. The molecule has 0 bridgehead atoms. The van der Waals surface area contributed by atoms with Crippen LogP contribution in [0, 0.1) is 0 Å². The molecule has 0 aliphatic carbocycles. The van der Waals surface area contributed by atoms with Gasteiger partial charge in [0.25, 0.3) is 5.91 Å². The van der Waals surface area contributed by atoms with E-state index >= 15 is 0 Å². The van der Waals surface area contributed by atoms with Crippen molar-refractivity contribution in [2.24, 2.45) is 0 Å². The third-order valence-electron chi connectivity index (χ3n) is 5.89. The van der Waals surface area contributed by atoms with Crippen LogP contribution in [-0.4, -0.2) is 65.7 Å². The maximum Gasteiger partial charge on any atom is 0.329 e. The molecular formula is C23H28N4O6S. The largest absolute Gasteiger partial charge is 0.459 e. The molecular weight excluding hydrogens is 460 g/mol. The molecule has 0 N–H and O–H groups in total. The summed E-state index contributed by atoms with van der Waals surface area (Å²) in [7, 11) is -0.650. The van der Waals surface area contributed by atoms with E-state index in [-0.39, 0.29) is 23.2 Å². The fourth-order valence-corrected chi connectivity index (χ4v) is 5.06. The first-order valence-corrected chi connectivity index (χ1v) is 12.6. The third kappa shape index (κ3) is 4.45. The van der Waals surface area contributed by atoms with Crippen molar-refractivity contribution in [1.82, 2.24) is 18.8 Å². The zero-order valence-corrected chi connectivity index (χ0v) is 20.2. The standard InChI is InChI=1S/C23H28N4O6S/c1-4-11-26-18-10-9-16(34(30,31)25(2)3)14-17(18)24-21(26)15-33-23(29)19-7-5-12-27(19)22(28)20-8-6-13-32-20/h6,8-10,13-14,19H,4-5,7,11-12,15H2,1-3H3/t19-/m0/s1. The van der Waals surface area contributed by atoms with Gasteiger partial charge in [-0.15, -0.1) is 0 Å². The van der Waals surface area contributed by atoms with Crippen molar-refractivity contribution in [2.75, 3.05) is 20.6 Å². The predicted octanol–water partition coefficient (Wildman–Crippen LogP) is 2.64. The van der Waals surface area contributed by atoms with Crippen molar-refractivity contribution < 1.29 is 27.2 Å². The van der Waals surface area contributed by atoms with Crippen molar-refractivity contribution in [3.63, 3.8) is 0 Å². The summed E-state index contributed by atoms with van der Waals surface area (Å²) in [6.45, 7) is 3.03. The minimum absolute atomic E-state index is 0.0808. The molecule has 0 spiro atoms. The summed E-state index contributed by atoms with van der Waals surface area (Å²) in [5.41, 5.74) is 1.28. The summed E-state index contributed by atoms with van der Waals surface area (Å²) >= 11 is 0. The number of carbonyl (C=O) groups is 2. The van der Waals surface area contributed by atoms with Gasteiger partial charge in [-0.25, -0.2) is 22.5 Å². The van der Waals surface area contributed by atoms with Gasteiger partial charge in [-0.3, -0.25) is 4.79 Å². The molecule has 1 amide bonds. The van der Waals surface area contributed by atoms with E-state index in [1.165, 1.54) is 31.3 Å². The summed E-state index contributed by atoms with van der Waals surface area (Å²) in [6, 6.07) is 7.32. The Kier molecular flexibility index (Phi) is 6.76. The smallest absolute Gasteiger partial charge is 0.329 e. The normalized spacial score (nSPS) is 16.5. The molecule has 1 aliphatic heterocycles. The Balaban J connectivity index is 1.54. The van der Waals surface area contributed by atoms with Crippen LogP contribution in [0.4, 0.5) is 0 Å². The highest BCUT2D eigenvalue weighted by atomic mass is 32.2. The average molecular weight is 489 g/mol. The lowest BCUT2D eigenvalue weighted by atomic mass is 10.2. The molecule has 1 saturated heterocycles. The summed E-state index contributed by atoms with van der Waals surface area (Å²) in [6.07, 6.45) is 3.45. The number of benzene rings is 1. The molecule has 0 saturated carbocycles. The van der Waals surface area contributed by atoms with Crippen molar-refractivity contribution in [2.45, 2.75) is 50.3 Å². The number of likely N-dealkylation sites (tertiary alicyclic amines) is 1. The molecule has 0 radical (unpaired) electrons. The number of aryl methyl sites for hydroxylation is 1. The highest BCUT2D eigenvalue weighted by Gasteiger charge is 2.36. The minimum Gasteiger partial charge on any atom is -0.459 e. The maximum atomic E-state index is 12.9. The van der Waals surface area contributed by atoms with Crippen LogP contribution in [0.15, 0.2) is 45.9 Å². The van der Waals surface area contributed by atoms with E-state index in [4.69, 9.17) is 9.15 Å². The number of furan rings is 1. The van der Waals surface area contributed by atoms with E-state index in [0.717, 1.165) is 16.2 Å².